The summed E-state index contributed by atoms with van der Waals surface area (Å²) in [6.07, 6.45) is 22.1. The molecule has 3 aliphatic carbocycles. The van der Waals surface area contributed by atoms with Crippen LogP contribution in [0.2, 0.25) is 0 Å². The van der Waals surface area contributed by atoms with E-state index in [0.29, 0.717) is 17.8 Å². The van der Waals surface area contributed by atoms with Gasteiger partial charge in [0.15, 0.2) is 0 Å². The third-order valence-electron chi connectivity index (χ3n) is 11.0. The van der Waals surface area contributed by atoms with Gasteiger partial charge in [-0.05, 0) is 130 Å². The first kappa shape index (κ1) is 29.8. The Morgan fingerprint density at radius 1 is 0.612 bits per heavy atom. The lowest BCUT2D eigenvalue weighted by Crippen LogP contribution is -2.16. The Balaban J connectivity index is 1.04. The maximum atomic E-state index is 4.98. The normalized spacial score (nSPS) is 20.8. The molecule has 4 aromatic carbocycles. The number of allylic oxidation sites excluding steroid dienone is 7. The molecule has 4 aliphatic rings. The molecule has 2 nitrogen and oxygen atoms in total. The fourth-order valence-corrected chi connectivity index (χ4v) is 8.55. The van der Waals surface area contributed by atoms with Crippen molar-refractivity contribution >= 4 is 11.3 Å². The van der Waals surface area contributed by atoms with Gasteiger partial charge >= 0.3 is 0 Å². The number of dihydropyridines is 1. The van der Waals surface area contributed by atoms with Crippen LogP contribution in [0.15, 0.2) is 156 Å². The predicted octanol–water partition coefficient (Wildman–Crippen LogP) is 11.9. The van der Waals surface area contributed by atoms with Crippen molar-refractivity contribution in [3.8, 4) is 33.4 Å². The zero-order chi connectivity index (χ0) is 32.7. The average Bonchev–Trinajstić information content (AvgIpc) is 3.18. The van der Waals surface area contributed by atoms with Crippen LogP contribution in [-0.4, -0.2) is 17.2 Å². The maximum absolute atomic E-state index is 4.98. The third-order valence-corrected chi connectivity index (χ3v) is 11.0. The summed E-state index contributed by atoms with van der Waals surface area (Å²) in [5, 5.41) is 0. The van der Waals surface area contributed by atoms with Gasteiger partial charge in [0.05, 0.1) is 5.71 Å². The van der Waals surface area contributed by atoms with Crippen LogP contribution in [0.5, 0.6) is 0 Å². The van der Waals surface area contributed by atoms with Gasteiger partial charge in [-0.15, -0.1) is 0 Å². The molecular weight excluding hydrogens is 593 g/mol. The minimum Gasteiger partial charge on any atom is -0.284 e. The van der Waals surface area contributed by atoms with Gasteiger partial charge in [0.1, 0.15) is 0 Å². The molecule has 0 radical (unpaired) electrons. The van der Waals surface area contributed by atoms with Crippen molar-refractivity contribution in [2.24, 2.45) is 4.99 Å². The van der Waals surface area contributed by atoms with Crippen LogP contribution in [0.1, 0.15) is 78.2 Å². The van der Waals surface area contributed by atoms with E-state index in [0.717, 1.165) is 43.5 Å². The van der Waals surface area contributed by atoms with Crippen LogP contribution in [0.4, 0.5) is 0 Å². The van der Waals surface area contributed by atoms with E-state index in [-0.39, 0.29) is 0 Å². The monoisotopic (exact) mass is 632 g/mol. The Labute approximate surface area is 290 Å². The SMILES string of the molecule is CC1=CCCN=C1c1cc(-c2cccnc2)cc(C2CCC=C(c3cccc(-c4ccc5c(c4)C4C=CC=CC4c4ccccc4-5)c3)C2)c1. The molecule has 5 aromatic rings. The number of hydrogen-bond donors (Lipinski definition) is 0. The van der Waals surface area contributed by atoms with E-state index in [1.807, 2.05) is 18.5 Å². The van der Waals surface area contributed by atoms with Gasteiger partial charge in [-0.25, -0.2) is 0 Å². The number of aromatic nitrogens is 1. The second kappa shape index (κ2) is 12.6. The molecule has 3 unspecified atom stereocenters. The van der Waals surface area contributed by atoms with Gasteiger partial charge in [0.25, 0.3) is 0 Å². The highest BCUT2D eigenvalue weighted by Gasteiger charge is 2.32. The van der Waals surface area contributed by atoms with Gasteiger partial charge in [-0.1, -0.05) is 103 Å². The number of hydrogen-bond acceptors (Lipinski definition) is 2. The quantitative estimate of drug-likeness (QED) is 0.189. The second-order valence-electron chi connectivity index (χ2n) is 14.0. The van der Waals surface area contributed by atoms with Crippen LogP contribution in [0, 0.1) is 0 Å². The van der Waals surface area contributed by atoms with E-state index in [9.17, 15) is 0 Å². The fraction of sp³-hybridized carbons (Fsp3) is 0.191. The van der Waals surface area contributed by atoms with Gasteiger partial charge in [-0.3, -0.25) is 9.98 Å². The van der Waals surface area contributed by atoms with Gasteiger partial charge < -0.3 is 0 Å². The molecule has 49 heavy (non-hydrogen) atoms. The Bertz CT molecular complexity index is 2230. The smallest absolute Gasteiger partial charge is 0.0672 e. The lowest BCUT2D eigenvalue weighted by molar-refractivity contribution is 0.627. The first-order chi connectivity index (χ1) is 24.2. The van der Waals surface area contributed by atoms with Crippen LogP contribution >= 0.6 is 0 Å². The van der Waals surface area contributed by atoms with Crippen LogP contribution in [-0.2, 0) is 0 Å². The molecule has 9 rings (SSSR count). The van der Waals surface area contributed by atoms with Crippen molar-refractivity contribution in [1.29, 1.82) is 0 Å². The lowest BCUT2D eigenvalue weighted by atomic mass is 9.69. The summed E-state index contributed by atoms with van der Waals surface area (Å²) in [7, 11) is 0. The van der Waals surface area contributed by atoms with Gasteiger partial charge in [0, 0.05) is 41.9 Å². The lowest BCUT2D eigenvalue weighted by Gasteiger charge is -2.34. The van der Waals surface area contributed by atoms with Gasteiger partial charge in [0.2, 0.25) is 0 Å². The number of benzene rings is 4. The number of fused-ring (bicyclic) bond motifs is 6. The van der Waals surface area contributed by atoms with Crippen LogP contribution in [0.3, 0.4) is 0 Å². The summed E-state index contributed by atoms with van der Waals surface area (Å²) in [6, 6.07) is 36.7. The average molecular weight is 633 g/mol. The van der Waals surface area contributed by atoms with Crippen LogP contribution < -0.4 is 0 Å². The largest absolute Gasteiger partial charge is 0.284 e. The molecule has 1 aromatic heterocycles. The van der Waals surface area contributed by atoms with Crippen LogP contribution in [0.25, 0.3) is 39.0 Å². The molecule has 0 N–H and O–H groups in total. The molecule has 0 saturated carbocycles. The maximum Gasteiger partial charge on any atom is 0.0672 e. The topological polar surface area (TPSA) is 25.2 Å². The first-order valence-electron chi connectivity index (χ1n) is 17.8. The summed E-state index contributed by atoms with van der Waals surface area (Å²) >= 11 is 0. The Morgan fingerprint density at radius 3 is 2.27 bits per heavy atom. The molecule has 238 valence electrons. The molecule has 0 saturated heterocycles. The van der Waals surface area contributed by atoms with Gasteiger partial charge in [-0.2, -0.15) is 0 Å². The number of pyridine rings is 1. The Hall–Kier alpha value is -5.34. The fourth-order valence-electron chi connectivity index (χ4n) is 8.55. The molecule has 1 aliphatic heterocycles. The summed E-state index contributed by atoms with van der Waals surface area (Å²) < 4.78 is 0. The molecule has 0 fully saturated rings. The van der Waals surface area contributed by atoms with E-state index in [4.69, 9.17) is 4.99 Å². The summed E-state index contributed by atoms with van der Waals surface area (Å²) in [4.78, 5) is 9.42. The highest BCUT2D eigenvalue weighted by atomic mass is 14.7. The zero-order valence-electron chi connectivity index (χ0n) is 28.0. The summed E-state index contributed by atoms with van der Waals surface area (Å²) in [5.74, 6) is 1.20. The summed E-state index contributed by atoms with van der Waals surface area (Å²) in [6.45, 7) is 3.06. The van der Waals surface area contributed by atoms with Crippen molar-refractivity contribution < 1.29 is 0 Å². The predicted molar refractivity (Wildman–Crippen MR) is 205 cm³/mol. The van der Waals surface area contributed by atoms with E-state index in [2.05, 4.69) is 139 Å². The van der Waals surface area contributed by atoms with Crippen molar-refractivity contribution in [2.75, 3.05) is 6.54 Å². The molecule has 0 bridgehead atoms. The molecule has 0 amide bonds. The zero-order valence-corrected chi connectivity index (χ0v) is 28.0. The number of aliphatic imine (C=N–C) groups is 1. The van der Waals surface area contributed by atoms with E-state index < -0.39 is 0 Å². The molecular formula is C47H40N2. The number of nitrogens with zero attached hydrogens (tertiary/aromatic N) is 2. The number of rotatable bonds is 5. The third kappa shape index (κ3) is 5.56. The van der Waals surface area contributed by atoms with Crippen molar-refractivity contribution in [2.45, 2.75) is 50.4 Å². The molecule has 2 heterocycles. The Morgan fingerprint density at radius 2 is 1.39 bits per heavy atom. The van der Waals surface area contributed by atoms with Crippen molar-refractivity contribution in [1.82, 2.24) is 4.98 Å². The molecule has 2 heteroatoms. The molecule has 0 spiro atoms. The molecule has 3 atom stereocenters. The van der Waals surface area contributed by atoms with E-state index in [1.165, 1.54) is 66.8 Å². The van der Waals surface area contributed by atoms with E-state index in [1.54, 1.807) is 0 Å². The standard InChI is InChI=1S/C47H40N2/c1-31-10-8-23-49-47(31)40-27-38(26-39(28-40)37-15-9-22-48-30-37)35-14-7-12-33(25-35)32-11-6-13-34(24-32)36-20-21-45-43-18-3-2-16-41(43)42-17-4-5-19-44(42)46(45)29-36/h2-6,9-13,15-22,24,26-30,35,42,44H,7-8,14,23,25H2,1H3. The van der Waals surface area contributed by atoms with E-state index >= 15 is 0 Å². The minimum atomic E-state index is 0.367. The minimum absolute atomic E-state index is 0.367. The highest BCUT2D eigenvalue weighted by Crippen LogP contribution is 2.50. The van der Waals surface area contributed by atoms with Crippen molar-refractivity contribution in [3.05, 3.63) is 179 Å². The Kier molecular flexibility index (Phi) is 7.65. The second-order valence-corrected chi connectivity index (χ2v) is 14.0. The first-order valence-corrected chi connectivity index (χ1v) is 17.8. The van der Waals surface area contributed by atoms with Crippen molar-refractivity contribution in [3.63, 3.8) is 0 Å². The highest BCUT2D eigenvalue weighted by molar-refractivity contribution is 6.13. The summed E-state index contributed by atoms with van der Waals surface area (Å²) in [5.41, 5.74) is 18.4.